The van der Waals surface area contributed by atoms with Gasteiger partial charge in [0.1, 0.15) is 5.76 Å². The first-order chi connectivity index (χ1) is 9.79. The Bertz CT molecular complexity index is 576. The Morgan fingerprint density at radius 1 is 1.35 bits per heavy atom. The van der Waals surface area contributed by atoms with Gasteiger partial charge < -0.3 is 4.42 Å². The third kappa shape index (κ3) is 2.51. The van der Waals surface area contributed by atoms with Gasteiger partial charge in [0.25, 0.3) is 0 Å². The van der Waals surface area contributed by atoms with E-state index in [9.17, 15) is 0 Å². The van der Waals surface area contributed by atoms with E-state index in [4.69, 9.17) is 10.3 Å². The standard InChI is InChI=1S/C17H22N2O/c1-12-15(9-10-20-12)17(19-18)11-14-7-4-6-13-5-2-3-8-16(13)14/h2-3,5,8-10,14,17,19H,4,6-7,11,18H2,1H3. The van der Waals surface area contributed by atoms with Gasteiger partial charge >= 0.3 is 0 Å². The van der Waals surface area contributed by atoms with Gasteiger partial charge in [-0.15, -0.1) is 0 Å². The maximum atomic E-state index is 5.78. The van der Waals surface area contributed by atoms with Crippen LogP contribution in [0.1, 0.15) is 53.7 Å². The largest absolute Gasteiger partial charge is 0.469 e. The number of nitrogens with two attached hydrogens (primary N) is 1. The highest BCUT2D eigenvalue weighted by atomic mass is 16.3. The molecule has 106 valence electrons. The molecule has 20 heavy (non-hydrogen) atoms. The first kappa shape index (κ1) is 13.4. The van der Waals surface area contributed by atoms with E-state index in [0.29, 0.717) is 5.92 Å². The van der Waals surface area contributed by atoms with Crippen LogP contribution in [-0.2, 0) is 6.42 Å². The zero-order valence-electron chi connectivity index (χ0n) is 11.9. The van der Waals surface area contributed by atoms with E-state index < -0.39 is 0 Å². The van der Waals surface area contributed by atoms with Gasteiger partial charge in [-0.25, -0.2) is 0 Å². The summed E-state index contributed by atoms with van der Waals surface area (Å²) in [6, 6.07) is 11.0. The predicted octanol–water partition coefficient (Wildman–Crippen LogP) is 3.60. The fourth-order valence-corrected chi connectivity index (χ4v) is 3.42. The number of benzene rings is 1. The third-order valence-electron chi connectivity index (χ3n) is 4.49. The Labute approximate surface area is 120 Å². The van der Waals surface area contributed by atoms with Crippen LogP contribution in [0.2, 0.25) is 0 Å². The highest BCUT2D eigenvalue weighted by Crippen LogP contribution is 2.38. The second-order valence-corrected chi connectivity index (χ2v) is 5.68. The topological polar surface area (TPSA) is 51.2 Å². The molecule has 0 saturated carbocycles. The monoisotopic (exact) mass is 270 g/mol. The van der Waals surface area contributed by atoms with Crippen LogP contribution in [0, 0.1) is 6.92 Å². The van der Waals surface area contributed by atoms with Crippen LogP contribution in [0.15, 0.2) is 41.0 Å². The lowest BCUT2D eigenvalue weighted by atomic mass is 9.79. The first-order valence-corrected chi connectivity index (χ1v) is 7.37. The average molecular weight is 270 g/mol. The fourth-order valence-electron chi connectivity index (χ4n) is 3.42. The lowest BCUT2D eigenvalue weighted by molar-refractivity contribution is 0.418. The Morgan fingerprint density at radius 2 is 2.20 bits per heavy atom. The number of rotatable bonds is 4. The number of fused-ring (bicyclic) bond motifs is 1. The van der Waals surface area contributed by atoms with Gasteiger partial charge in [0.05, 0.1) is 6.26 Å². The molecule has 3 nitrogen and oxygen atoms in total. The van der Waals surface area contributed by atoms with Crippen LogP contribution >= 0.6 is 0 Å². The molecule has 1 aromatic heterocycles. The van der Waals surface area contributed by atoms with Crippen LogP contribution < -0.4 is 11.3 Å². The average Bonchev–Trinajstić information content (AvgIpc) is 2.91. The van der Waals surface area contributed by atoms with Crippen molar-refractivity contribution in [2.45, 2.75) is 44.6 Å². The van der Waals surface area contributed by atoms with Crippen molar-refractivity contribution in [1.82, 2.24) is 5.43 Å². The molecule has 0 amide bonds. The Morgan fingerprint density at radius 3 is 2.95 bits per heavy atom. The predicted molar refractivity (Wildman–Crippen MR) is 80.2 cm³/mol. The van der Waals surface area contributed by atoms with Gasteiger partial charge in [-0.2, -0.15) is 0 Å². The molecular weight excluding hydrogens is 248 g/mol. The SMILES string of the molecule is Cc1occc1C(CC1CCCc2ccccc21)NN. The van der Waals surface area contributed by atoms with Crippen LogP contribution in [0.5, 0.6) is 0 Å². The van der Waals surface area contributed by atoms with Crippen molar-refractivity contribution < 1.29 is 4.42 Å². The molecule has 0 radical (unpaired) electrons. The molecule has 2 atom stereocenters. The summed E-state index contributed by atoms with van der Waals surface area (Å²) in [5.41, 5.74) is 7.14. The summed E-state index contributed by atoms with van der Waals surface area (Å²) in [4.78, 5) is 0. The van der Waals surface area contributed by atoms with E-state index in [2.05, 4.69) is 29.7 Å². The maximum Gasteiger partial charge on any atom is 0.105 e. The molecule has 1 aromatic carbocycles. The van der Waals surface area contributed by atoms with Gasteiger partial charge in [0.15, 0.2) is 0 Å². The van der Waals surface area contributed by atoms with Gasteiger partial charge in [-0.3, -0.25) is 11.3 Å². The van der Waals surface area contributed by atoms with E-state index in [1.54, 1.807) is 6.26 Å². The molecule has 3 rings (SSSR count). The van der Waals surface area contributed by atoms with E-state index in [0.717, 1.165) is 12.2 Å². The molecular formula is C17H22N2O. The van der Waals surface area contributed by atoms with Crippen LogP contribution in [-0.4, -0.2) is 0 Å². The van der Waals surface area contributed by atoms with Crippen molar-refractivity contribution >= 4 is 0 Å². The van der Waals surface area contributed by atoms with E-state index in [-0.39, 0.29) is 6.04 Å². The summed E-state index contributed by atoms with van der Waals surface area (Å²) in [6.45, 7) is 1.99. The zero-order valence-corrected chi connectivity index (χ0v) is 11.9. The van der Waals surface area contributed by atoms with Gasteiger partial charge in [0, 0.05) is 11.6 Å². The number of hydrogen-bond acceptors (Lipinski definition) is 3. The first-order valence-electron chi connectivity index (χ1n) is 7.37. The summed E-state index contributed by atoms with van der Waals surface area (Å²) < 4.78 is 5.41. The summed E-state index contributed by atoms with van der Waals surface area (Å²) in [5, 5.41) is 0. The Balaban J connectivity index is 1.82. The molecule has 0 fully saturated rings. The molecule has 0 spiro atoms. The van der Waals surface area contributed by atoms with Crippen molar-refractivity contribution in [2.24, 2.45) is 5.84 Å². The molecule has 1 heterocycles. The van der Waals surface area contributed by atoms with Crippen LogP contribution in [0.4, 0.5) is 0 Å². The normalized spacial score (nSPS) is 19.6. The molecule has 0 aliphatic heterocycles. The van der Waals surface area contributed by atoms with Crippen molar-refractivity contribution in [3.05, 3.63) is 59.0 Å². The Kier molecular flexibility index (Phi) is 3.90. The molecule has 3 N–H and O–H groups in total. The van der Waals surface area contributed by atoms with Crippen molar-refractivity contribution in [3.63, 3.8) is 0 Å². The lowest BCUT2D eigenvalue weighted by Crippen LogP contribution is -2.30. The van der Waals surface area contributed by atoms with E-state index in [1.165, 1.54) is 36.0 Å². The molecule has 2 aromatic rings. The van der Waals surface area contributed by atoms with Gasteiger partial charge in [-0.1, -0.05) is 24.3 Å². The van der Waals surface area contributed by atoms with Crippen molar-refractivity contribution in [1.29, 1.82) is 0 Å². The fraction of sp³-hybridized carbons (Fsp3) is 0.412. The molecule has 0 bridgehead atoms. The highest BCUT2D eigenvalue weighted by Gasteiger charge is 2.24. The number of aryl methyl sites for hydroxylation is 2. The van der Waals surface area contributed by atoms with E-state index in [1.807, 2.05) is 13.0 Å². The molecule has 1 aliphatic carbocycles. The molecule has 1 aliphatic rings. The summed E-state index contributed by atoms with van der Waals surface area (Å²) in [7, 11) is 0. The second kappa shape index (κ2) is 5.81. The smallest absolute Gasteiger partial charge is 0.105 e. The second-order valence-electron chi connectivity index (χ2n) is 5.68. The van der Waals surface area contributed by atoms with Gasteiger partial charge in [-0.05, 0) is 55.7 Å². The maximum absolute atomic E-state index is 5.78. The summed E-state index contributed by atoms with van der Waals surface area (Å²) in [6.07, 6.45) is 6.48. The number of furan rings is 1. The van der Waals surface area contributed by atoms with Crippen LogP contribution in [0.3, 0.4) is 0 Å². The van der Waals surface area contributed by atoms with Crippen molar-refractivity contribution in [3.8, 4) is 0 Å². The summed E-state index contributed by atoms with van der Waals surface area (Å²) in [5.74, 6) is 7.31. The number of hydrazine groups is 1. The van der Waals surface area contributed by atoms with E-state index >= 15 is 0 Å². The molecule has 3 heteroatoms. The highest BCUT2D eigenvalue weighted by molar-refractivity contribution is 5.33. The quantitative estimate of drug-likeness (QED) is 0.659. The minimum atomic E-state index is 0.157. The third-order valence-corrected chi connectivity index (χ3v) is 4.49. The zero-order chi connectivity index (χ0) is 13.9. The Hall–Kier alpha value is -1.58. The van der Waals surface area contributed by atoms with Crippen molar-refractivity contribution in [2.75, 3.05) is 0 Å². The number of hydrogen-bond donors (Lipinski definition) is 2. The summed E-state index contributed by atoms with van der Waals surface area (Å²) >= 11 is 0. The minimum absolute atomic E-state index is 0.157. The molecule has 0 saturated heterocycles. The number of nitrogens with one attached hydrogen (secondary N) is 1. The minimum Gasteiger partial charge on any atom is -0.469 e. The van der Waals surface area contributed by atoms with Gasteiger partial charge in [0.2, 0.25) is 0 Å². The van der Waals surface area contributed by atoms with Crippen LogP contribution in [0.25, 0.3) is 0 Å². The molecule has 2 unspecified atom stereocenters. The lowest BCUT2D eigenvalue weighted by Gasteiger charge is -2.28.